The van der Waals surface area contributed by atoms with Gasteiger partial charge < -0.3 is 9.64 Å². The zero-order chi connectivity index (χ0) is 16.6. The number of esters is 1. The van der Waals surface area contributed by atoms with E-state index in [1.54, 1.807) is 0 Å². The first-order valence-electron chi connectivity index (χ1n) is 7.83. The summed E-state index contributed by atoms with van der Waals surface area (Å²) in [5, 5.41) is 0. The Morgan fingerprint density at radius 1 is 1.30 bits per heavy atom. The minimum Gasteiger partial charge on any atom is -0.465 e. The van der Waals surface area contributed by atoms with Crippen LogP contribution >= 0.6 is 0 Å². The van der Waals surface area contributed by atoms with Crippen molar-refractivity contribution in [3.8, 4) is 0 Å². The minimum absolute atomic E-state index is 0.00773. The number of carbonyl (C=O) groups is 2. The van der Waals surface area contributed by atoms with Gasteiger partial charge in [0.25, 0.3) is 0 Å². The van der Waals surface area contributed by atoms with Gasteiger partial charge in [0.05, 0.1) is 13.0 Å². The number of nitrogens with zero attached hydrogens (tertiary/aromatic N) is 1. The summed E-state index contributed by atoms with van der Waals surface area (Å²) in [4.78, 5) is 25.5. The number of benzene rings is 1. The van der Waals surface area contributed by atoms with E-state index in [0.717, 1.165) is 25.0 Å². The Morgan fingerprint density at radius 2 is 2.04 bits per heavy atom. The topological polar surface area (TPSA) is 46.6 Å². The highest BCUT2D eigenvalue weighted by molar-refractivity contribution is 5.79. The zero-order valence-corrected chi connectivity index (χ0v) is 13.0. The number of hydrogen-bond acceptors (Lipinski definition) is 3. The van der Waals surface area contributed by atoms with Gasteiger partial charge in [-0.3, -0.25) is 9.59 Å². The smallest absolute Gasteiger partial charge is 0.310 e. The molecule has 1 amide bonds. The van der Waals surface area contributed by atoms with E-state index in [9.17, 15) is 18.4 Å². The average molecular weight is 323 g/mol. The second-order valence-corrected chi connectivity index (χ2v) is 6.40. The molecule has 1 aromatic carbocycles. The molecule has 0 aromatic heterocycles. The predicted octanol–water partition coefficient (Wildman–Crippen LogP) is 2.37. The van der Waals surface area contributed by atoms with E-state index >= 15 is 0 Å². The maximum absolute atomic E-state index is 13.7. The van der Waals surface area contributed by atoms with Crippen LogP contribution in [0.3, 0.4) is 0 Å². The number of carbonyl (C=O) groups excluding carboxylic acids is 2. The van der Waals surface area contributed by atoms with Crippen molar-refractivity contribution in [2.24, 2.45) is 5.92 Å². The lowest BCUT2D eigenvalue weighted by Gasteiger charge is -2.15. The third-order valence-electron chi connectivity index (χ3n) is 4.37. The van der Waals surface area contributed by atoms with Gasteiger partial charge in [-0.25, -0.2) is 8.78 Å². The van der Waals surface area contributed by atoms with Crippen molar-refractivity contribution in [3.05, 3.63) is 34.9 Å². The summed E-state index contributed by atoms with van der Waals surface area (Å²) in [6, 6.07) is 2.47. The Morgan fingerprint density at radius 3 is 2.74 bits per heavy atom. The molecule has 1 heterocycles. The summed E-state index contributed by atoms with van der Waals surface area (Å²) in [6.07, 6.45) is 2.18. The van der Waals surface area contributed by atoms with E-state index < -0.39 is 17.6 Å². The Hall–Kier alpha value is -1.98. The Kier molecular flexibility index (Phi) is 4.33. The van der Waals surface area contributed by atoms with Crippen LogP contribution in [0.15, 0.2) is 12.1 Å². The second-order valence-electron chi connectivity index (χ2n) is 6.40. The molecule has 1 aromatic rings. The van der Waals surface area contributed by atoms with Gasteiger partial charge in [0.1, 0.15) is 11.6 Å². The molecule has 1 saturated carbocycles. The fourth-order valence-electron chi connectivity index (χ4n) is 2.90. The summed E-state index contributed by atoms with van der Waals surface area (Å²) in [5.74, 6) is -1.66. The molecule has 0 N–H and O–H groups in total. The van der Waals surface area contributed by atoms with Crippen LogP contribution in [0.5, 0.6) is 0 Å². The average Bonchev–Trinajstić information content (AvgIpc) is 3.26. The lowest BCUT2D eigenvalue weighted by molar-refractivity contribution is -0.144. The third-order valence-corrected chi connectivity index (χ3v) is 4.37. The molecule has 1 aliphatic carbocycles. The molecule has 2 aliphatic rings. The lowest BCUT2D eigenvalue weighted by Crippen LogP contribution is -2.28. The molecule has 1 unspecified atom stereocenters. The fourth-order valence-corrected chi connectivity index (χ4v) is 2.90. The molecule has 0 radical (unpaired) electrons. The van der Waals surface area contributed by atoms with Gasteiger partial charge in [0.2, 0.25) is 5.91 Å². The van der Waals surface area contributed by atoms with Crippen LogP contribution in [0, 0.1) is 24.5 Å². The number of amides is 1. The number of rotatable bonds is 5. The van der Waals surface area contributed by atoms with E-state index in [1.807, 2.05) is 4.90 Å². The SMILES string of the molecule is Cc1cc(F)c(CC(=O)OCC2CC(=O)N(C3CC3)C2)cc1F. The van der Waals surface area contributed by atoms with Gasteiger partial charge in [-0.2, -0.15) is 0 Å². The quantitative estimate of drug-likeness (QED) is 0.782. The van der Waals surface area contributed by atoms with Crippen molar-refractivity contribution in [1.82, 2.24) is 4.90 Å². The Balaban J connectivity index is 1.50. The summed E-state index contributed by atoms with van der Waals surface area (Å²) in [5.41, 5.74) is 0.185. The number of likely N-dealkylation sites (tertiary alicyclic amines) is 1. The van der Waals surface area contributed by atoms with Crippen molar-refractivity contribution in [1.29, 1.82) is 0 Å². The predicted molar refractivity (Wildman–Crippen MR) is 78.6 cm³/mol. The van der Waals surface area contributed by atoms with Crippen LogP contribution in [0.4, 0.5) is 8.78 Å². The molecule has 124 valence electrons. The van der Waals surface area contributed by atoms with Gasteiger partial charge >= 0.3 is 5.97 Å². The first-order chi connectivity index (χ1) is 10.9. The molecule has 4 nitrogen and oxygen atoms in total. The van der Waals surface area contributed by atoms with E-state index in [0.29, 0.717) is 19.0 Å². The van der Waals surface area contributed by atoms with Crippen LogP contribution < -0.4 is 0 Å². The molecule has 0 spiro atoms. The van der Waals surface area contributed by atoms with Gasteiger partial charge in [0.15, 0.2) is 0 Å². The Bertz CT molecular complexity index is 643. The van der Waals surface area contributed by atoms with Crippen molar-refractivity contribution >= 4 is 11.9 Å². The van der Waals surface area contributed by atoms with Crippen molar-refractivity contribution in [3.63, 3.8) is 0 Å². The number of halogens is 2. The maximum Gasteiger partial charge on any atom is 0.310 e. The molecular weight excluding hydrogens is 304 g/mol. The zero-order valence-electron chi connectivity index (χ0n) is 13.0. The molecule has 1 saturated heterocycles. The largest absolute Gasteiger partial charge is 0.465 e. The maximum atomic E-state index is 13.7. The number of aryl methyl sites for hydroxylation is 1. The van der Waals surface area contributed by atoms with E-state index in [-0.39, 0.29) is 36.0 Å². The molecule has 2 fully saturated rings. The minimum atomic E-state index is -0.614. The fraction of sp³-hybridized carbons (Fsp3) is 0.529. The first kappa shape index (κ1) is 15.9. The monoisotopic (exact) mass is 323 g/mol. The molecule has 1 atom stereocenters. The van der Waals surface area contributed by atoms with Crippen LogP contribution in [-0.2, 0) is 20.7 Å². The molecule has 23 heavy (non-hydrogen) atoms. The van der Waals surface area contributed by atoms with E-state index in [4.69, 9.17) is 4.74 Å². The lowest BCUT2D eigenvalue weighted by atomic mass is 10.1. The summed E-state index contributed by atoms with van der Waals surface area (Å²) in [6.45, 7) is 2.22. The molecular formula is C17H19F2NO3. The highest BCUT2D eigenvalue weighted by atomic mass is 19.1. The highest BCUT2D eigenvalue weighted by Gasteiger charge is 2.39. The van der Waals surface area contributed by atoms with Crippen molar-refractivity contribution < 1.29 is 23.1 Å². The van der Waals surface area contributed by atoms with Gasteiger partial charge in [-0.05, 0) is 37.5 Å². The normalized spacial score (nSPS) is 20.9. The second kappa shape index (κ2) is 6.26. The van der Waals surface area contributed by atoms with Crippen LogP contribution in [0.2, 0.25) is 0 Å². The Labute approximate surface area is 133 Å². The molecule has 6 heteroatoms. The summed E-state index contributed by atoms with van der Waals surface area (Å²) in [7, 11) is 0. The van der Waals surface area contributed by atoms with Crippen LogP contribution in [-0.4, -0.2) is 36.0 Å². The number of ether oxygens (including phenoxy) is 1. The summed E-state index contributed by atoms with van der Waals surface area (Å²) >= 11 is 0. The highest BCUT2D eigenvalue weighted by Crippen LogP contribution is 2.32. The molecule has 1 aliphatic heterocycles. The molecule has 3 rings (SSSR count). The van der Waals surface area contributed by atoms with Crippen LogP contribution in [0.25, 0.3) is 0 Å². The van der Waals surface area contributed by atoms with E-state index in [2.05, 4.69) is 0 Å². The van der Waals surface area contributed by atoms with Crippen LogP contribution in [0.1, 0.15) is 30.4 Å². The van der Waals surface area contributed by atoms with Crippen molar-refractivity contribution in [2.45, 2.75) is 38.6 Å². The standard InChI is InChI=1S/C17H19F2NO3/c1-10-4-15(19)12(6-14(10)18)7-17(22)23-9-11-5-16(21)20(8-11)13-2-3-13/h4,6,11,13H,2-3,5,7-9H2,1H3. The number of hydrogen-bond donors (Lipinski definition) is 0. The summed E-state index contributed by atoms with van der Waals surface area (Å²) < 4.78 is 32.3. The van der Waals surface area contributed by atoms with Gasteiger partial charge in [-0.1, -0.05) is 0 Å². The van der Waals surface area contributed by atoms with Gasteiger partial charge in [0, 0.05) is 30.5 Å². The first-order valence-corrected chi connectivity index (χ1v) is 7.83. The molecule has 0 bridgehead atoms. The van der Waals surface area contributed by atoms with Gasteiger partial charge in [-0.15, -0.1) is 0 Å². The van der Waals surface area contributed by atoms with E-state index in [1.165, 1.54) is 6.92 Å². The third kappa shape index (κ3) is 3.68. The van der Waals surface area contributed by atoms with Crippen molar-refractivity contribution in [2.75, 3.05) is 13.2 Å².